The molecule has 0 fully saturated rings. The lowest BCUT2D eigenvalue weighted by Gasteiger charge is -2.46. The maximum atomic E-state index is 5.02. The lowest BCUT2D eigenvalue weighted by molar-refractivity contribution is 0.139. The highest BCUT2D eigenvalue weighted by Crippen LogP contribution is 2.62. The van der Waals surface area contributed by atoms with Crippen molar-refractivity contribution < 1.29 is 0 Å². The molecule has 4 rings (SSSR count). The van der Waals surface area contributed by atoms with Gasteiger partial charge in [-0.1, -0.05) is 105 Å². The summed E-state index contributed by atoms with van der Waals surface area (Å²) in [5.41, 5.74) is 2.35. The molecule has 0 radical (unpaired) electrons. The van der Waals surface area contributed by atoms with Crippen LogP contribution in [0.3, 0.4) is 0 Å². The fraction of sp³-hybridized carbons (Fsp3) is 0.250. The second kappa shape index (κ2) is 5.91. The van der Waals surface area contributed by atoms with Crippen molar-refractivity contribution >= 4 is 0 Å². The van der Waals surface area contributed by atoms with E-state index in [-0.39, 0.29) is 5.41 Å². The van der Waals surface area contributed by atoms with Gasteiger partial charge in [0.1, 0.15) is 11.1 Å². The summed E-state index contributed by atoms with van der Waals surface area (Å²) in [6, 6.07) is 31.7. The van der Waals surface area contributed by atoms with Crippen molar-refractivity contribution in [1.29, 1.82) is 0 Å². The Morgan fingerprint density at radius 3 is 1.31 bits per heavy atom. The van der Waals surface area contributed by atoms with Crippen molar-refractivity contribution in [2.75, 3.05) is 0 Å². The van der Waals surface area contributed by atoms with Crippen LogP contribution in [0.1, 0.15) is 37.5 Å². The number of hydrogen-bond donors (Lipinski definition) is 0. The molecule has 3 aromatic rings. The van der Waals surface area contributed by atoms with Gasteiger partial charge in [-0.2, -0.15) is 10.2 Å². The fourth-order valence-corrected chi connectivity index (χ4v) is 4.32. The Balaban J connectivity index is 1.99. The highest BCUT2D eigenvalue weighted by Gasteiger charge is 2.62. The van der Waals surface area contributed by atoms with Crippen LogP contribution in [-0.2, 0) is 11.1 Å². The van der Waals surface area contributed by atoms with Gasteiger partial charge in [-0.15, -0.1) is 0 Å². The molecule has 26 heavy (non-hydrogen) atoms. The van der Waals surface area contributed by atoms with Gasteiger partial charge in [0.15, 0.2) is 0 Å². The molecular formula is C24H24N2. The van der Waals surface area contributed by atoms with Crippen molar-refractivity contribution in [3.05, 3.63) is 108 Å². The number of rotatable bonds is 3. The van der Waals surface area contributed by atoms with E-state index in [1.165, 1.54) is 16.7 Å². The van der Waals surface area contributed by atoms with Crippen molar-refractivity contribution in [2.45, 2.75) is 31.8 Å². The molecule has 3 aromatic carbocycles. The van der Waals surface area contributed by atoms with Crippen LogP contribution >= 0.6 is 0 Å². The zero-order valence-electron chi connectivity index (χ0n) is 15.6. The van der Waals surface area contributed by atoms with Gasteiger partial charge in [0.25, 0.3) is 0 Å². The highest BCUT2D eigenvalue weighted by molar-refractivity contribution is 5.46. The Kier molecular flexibility index (Phi) is 3.80. The van der Waals surface area contributed by atoms with Crippen LogP contribution in [-0.4, -0.2) is 0 Å². The third-order valence-corrected chi connectivity index (χ3v) is 6.24. The van der Waals surface area contributed by atoms with Crippen LogP contribution in [0.25, 0.3) is 0 Å². The number of benzene rings is 3. The SMILES string of the molecule is CC1(c2ccccc2)N=NC(c2ccccc2)(c2ccccc2)C1(C)C. The van der Waals surface area contributed by atoms with E-state index in [0.717, 1.165) is 0 Å². The van der Waals surface area contributed by atoms with Gasteiger partial charge in [0.2, 0.25) is 0 Å². The molecule has 0 spiro atoms. The number of hydrogen-bond acceptors (Lipinski definition) is 2. The smallest absolute Gasteiger partial charge is 0.139 e. The van der Waals surface area contributed by atoms with Gasteiger partial charge in [-0.05, 0) is 23.6 Å². The molecule has 0 amide bonds. The first-order valence-corrected chi connectivity index (χ1v) is 9.13. The molecule has 0 aliphatic carbocycles. The zero-order valence-corrected chi connectivity index (χ0v) is 15.6. The van der Waals surface area contributed by atoms with Crippen LogP contribution in [0.2, 0.25) is 0 Å². The van der Waals surface area contributed by atoms with Crippen LogP contribution in [0.5, 0.6) is 0 Å². The first-order chi connectivity index (χ1) is 12.5. The summed E-state index contributed by atoms with van der Waals surface area (Å²) >= 11 is 0. The first-order valence-electron chi connectivity index (χ1n) is 9.13. The highest BCUT2D eigenvalue weighted by atomic mass is 15.3. The van der Waals surface area contributed by atoms with Crippen molar-refractivity contribution in [3.8, 4) is 0 Å². The van der Waals surface area contributed by atoms with Gasteiger partial charge >= 0.3 is 0 Å². The fourth-order valence-electron chi connectivity index (χ4n) is 4.32. The molecule has 1 unspecified atom stereocenters. The predicted molar refractivity (Wildman–Crippen MR) is 106 cm³/mol. The molecule has 2 heteroatoms. The molecule has 130 valence electrons. The Bertz CT molecular complexity index is 875. The van der Waals surface area contributed by atoms with Gasteiger partial charge in [-0.25, -0.2) is 0 Å². The van der Waals surface area contributed by atoms with E-state index in [1.807, 2.05) is 6.07 Å². The van der Waals surface area contributed by atoms with Crippen molar-refractivity contribution in [3.63, 3.8) is 0 Å². The molecule has 0 N–H and O–H groups in total. The molecule has 1 aliphatic heterocycles. The van der Waals surface area contributed by atoms with Crippen LogP contribution in [0.4, 0.5) is 0 Å². The molecule has 0 saturated carbocycles. The molecular weight excluding hydrogens is 316 g/mol. The van der Waals surface area contributed by atoms with Crippen LogP contribution in [0.15, 0.2) is 101 Å². The monoisotopic (exact) mass is 340 g/mol. The third kappa shape index (κ3) is 2.11. The molecule has 0 bridgehead atoms. The van der Waals surface area contributed by atoms with E-state index >= 15 is 0 Å². The quantitative estimate of drug-likeness (QED) is 0.531. The van der Waals surface area contributed by atoms with E-state index in [4.69, 9.17) is 10.2 Å². The summed E-state index contributed by atoms with van der Waals surface area (Å²) in [6.45, 7) is 6.79. The molecule has 1 atom stereocenters. The minimum absolute atomic E-state index is 0.260. The average molecular weight is 340 g/mol. The summed E-state index contributed by atoms with van der Waals surface area (Å²) in [5.74, 6) is 0. The van der Waals surface area contributed by atoms with E-state index in [1.54, 1.807) is 0 Å². The number of nitrogens with zero attached hydrogens (tertiary/aromatic N) is 2. The Morgan fingerprint density at radius 2 is 0.885 bits per heavy atom. The first kappa shape index (κ1) is 16.7. The van der Waals surface area contributed by atoms with E-state index in [9.17, 15) is 0 Å². The van der Waals surface area contributed by atoms with Crippen molar-refractivity contribution in [2.24, 2.45) is 15.6 Å². The standard InChI is InChI=1S/C24H24N2/c1-22(2)23(3,19-13-7-4-8-14-19)25-26-24(22,20-15-9-5-10-16-20)21-17-11-6-12-18-21/h4-18H,1-3H3. The molecule has 0 saturated heterocycles. The van der Waals surface area contributed by atoms with Crippen molar-refractivity contribution in [1.82, 2.24) is 0 Å². The minimum Gasteiger partial charge on any atom is -0.181 e. The van der Waals surface area contributed by atoms with Crippen LogP contribution in [0, 0.1) is 5.41 Å². The zero-order chi connectivity index (χ0) is 18.3. The number of azo groups is 1. The van der Waals surface area contributed by atoms with E-state index < -0.39 is 11.1 Å². The summed E-state index contributed by atoms with van der Waals surface area (Å²) in [4.78, 5) is 0. The third-order valence-electron chi connectivity index (χ3n) is 6.24. The summed E-state index contributed by atoms with van der Waals surface area (Å²) in [6.07, 6.45) is 0. The van der Waals surface area contributed by atoms with Crippen LogP contribution < -0.4 is 0 Å². The summed E-state index contributed by atoms with van der Waals surface area (Å²) in [5, 5.41) is 9.94. The lowest BCUT2D eigenvalue weighted by atomic mass is 9.56. The molecule has 1 aliphatic rings. The summed E-state index contributed by atoms with van der Waals surface area (Å²) in [7, 11) is 0. The molecule has 2 nitrogen and oxygen atoms in total. The average Bonchev–Trinajstić information content (AvgIpc) is 2.92. The minimum atomic E-state index is -0.528. The lowest BCUT2D eigenvalue weighted by Crippen LogP contribution is -2.48. The van der Waals surface area contributed by atoms with Gasteiger partial charge < -0.3 is 0 Å². The molecule has 0 aromatic heterocycles. The Morgan fingerprint density at radius 1 is 0.500 bits per heavy atom. The van der Waals surface area contributed by atoms with E-state index in [0.29, 0.717) is 0 Å². The van der Waals surface area contributed by atoms with Gasteiger partial charge in [0, 0.05) is 5.41 Å². The maximum Gasteiger partial charge on any atom is 0.139 e. The van der Waals surface area contributed by atoms with Gasteiger partial charge in [0.05, 0.1) is 0 Å². The van der Waals surface area contributed by atoms with E-state index in [2.05, 4.69) is 106 Å². The Hall–Kier alpha value is -2.74. The Labute approximate surface area is 155 Å². The second-order valence-electron chi connectivity index (χ2n) is 7.71. The molecule has 1 heterocycles. The largest absolute Gasteiger partial charge is 0.181 e. The topological polar surface area (TPSA) is 24.7 Å². The second-order valence-corrected chi connectivity index (χ2v) is 7.71. The predicted octanol–water partition coefficient (Wildman–Crippen LogP) is 6.34. The maximum absolute atomic E-state index is 5.02. The normalized spacial score (nSPS) is 23.0. The summed E-state index contributed by atoms with van der Waals surface area (Å²) < 4.78 is 0. The van der Waals surface area contributed by atoms with Gasteiger partial charge in [-0.3, -0.25) is 0 Å².